The van der Waals surface area contributed by atoms with Crippen LogP contribution in [-0.4, -0.2) is 64.6 Å². The van der Waals surface area contributed by atoms with E-state index in [9.17, 15) is 20.2 Å². The van der Waals surface area contributed by atoms with Crippen molar-refractivity contribution in [3.05, 3.63) is 122 Å². The number of halogens is 1. The van der Waals surface area contributed by atoms with Crippen LogP contribution in [0.2, 0.25) is 0 Å². The van der Waals surface area contributed by atoms with Gasteiger partial charge in [-0.3, -0.25) is 20.2 Å². The van der Waals surface area contributed by atoms with E-state index >= 15 is 0 Å². The molecule has 0 aliphatic carbocycles. The minimum absolute atomic E-state index is 0.0536. The summed E-state index contributed by atoms with van der Waals surface area (Å²) in [6, 6.07) is 28.0. The Morgan fingerprint density at radius 2 is 0.797 bits per heavy atom. The number of nitrogens with zero attached hydrogens (tertiary/aromatic N) is 2. The summed E-state index contributed by atoms with van der Waals surface area (Å²) in [4.78, 5) is 20.6. The molecule has 3 aliphatic heterocycles. The molecule has 0 N–H and O–H groups in total. The second-order valence-corrected chi connectivity index (χ2v) is 20.1. The molecule has 18 heteroatoms. The summed E-state index contributed by atoms with van der Waals surface area (Å²) in [5.74, 6) is 1.36. The Balaban J connectivity index is 0.000000148. The minimum atomic E-state index is -0.476. The van der Waals surface area contributed by atoms with E-state index < -0.39 is 42.2 Å². The monoisotopic (exact) mass is 936 g/mol. The normalized spacial score (nSPS) is 19.9. The van der Waals surface area contributed by atoms with E-state index in [2.05, 4.69) is 15.9 Å². The van der Waals surface area contributed by atoms with Crippen LogP contribution in [0.15, 0.2) is 110 Å². The highest BCUT2D eigenvalue weighted by atomic mass is 79.9. The Labute approximate surface area is 382 Å². The second kappa shape index (κ2) is 16.9. The molecule has 14 nitrogen and oxygen atoms in total. The zero-order valence-corrected chi connectivity index (χ0v) is 39.7. The van der Waals surface area contributed by atoms with Crippen molar-refractivity contribution in [2.24, 2.45) is 0 Å². The van der Waals surface area contributed by atoms with Gasteiger partial charge in [0.15, 0.2) is 0 Å². The van der Waals surface area contributed by atoms with Gasteiger partial charge in [0.1, 0.15) is 22.7 Å². The van der Waals surface area contributed by atoms with Gasteiger partial charge in [-0.2, -0.15) is 0 Å². The van der Waals surface area contributed by atoms with Gasteiger partial charge in [-0.15, -0.1) is 0 Å². The van der Waals surface area contributed by atoms with E-state index in [0.29, 0.717) is 11.5 Å². The van der Waals surface area contributed by atoms with Gasteiger partial charge in [0.25, 0.3) is 11.4 Å². The first-order valence-corrected chi connectivity index (χ1v) is 21.8. The second-order valence-electron chi connectivity index (χ2n) is 19.1. The average Bonchev–Trinajstić information content (AvgIpc) is 3.98. The zero-order chi connectivity index (χ0) is 46.8. The van der Waals surface area contributed by atoms with Crippen molar-refractivity contribution in [3.63, 3.8) is 0 Å². The summed E-state index contributed by atoms with van der Waals surface area (Å²) < 4.78 is 48.7. The van der Waals surface area contributed by atoms with Crippen LogP contribution >= 0.6 is 15.9 Å². The van der Waals surface area contributed by atoms with Crippen LogP contribution in [-0.2, 0) is 27.9 Å². The Kier molecular flexibility index (Phi) is 12.4. The summed E-state index contributed by atoms with van der Waals surface area (Å²) in [5, 5.41) is 23.3. The van der Waals surface area contributed by atoms with Gasteiger partial charge in [-0.05, 0) is 149 Å². The molecular formula is C46H52B3BrN2O12. The van der Waals surface area contributed by atoms with Crippen LogP contribution in [0.3, 0.4) is 0 Å². The van der Waals surface area contributed by atoms with Gasteiger partial charge in [0, 0.05) is 50.6 Å². The van der Waals surface area contributed by atoms with Crippen LogP contribution in [0, 0.1) is 20.2 Å². The Morgan fingerprint density at radius 1 is 0.453 bits per heavy atom. The Morgan fingerprint density at radius 3 is 1.17 bits per heavy atom. The Bertz CT molecular complexity index is 2610. The van der Waals surface area contributed by atoms with Gasteiger partial charge >= 0.3 is 21.1 Å². The first kappa shape index (κ1) is 47.2. The smallest absolute Gasteiger partial charge is 0.456 e. The highest BCUT2D eigenvalue weighted by Gasteiger charge is 2.63. The van der Waals surface area contributed by atoms with E-state index in [1.165, 1.54) is 24.3 Å². The fraction of sp³-hybridized carbons (Fsp3) is 0.391. The van der Waals surface area contributed by atoms with E-state index in [1.807, 2.05) is 132 Å². The summed E-state index contributed by atoms with van der Waals surface area (Å²) >= 11 is 3.41. The quantitative estimate of drug-likeness (QED) is 0.0882. The molecule has 3 saturated heterocycles. The fourth-order valence-electron chi connectivity index (χ4n) is 6.98. The molecule has 4 aromatic carbocycles. The number of nitro benzene ring substituents is 2. The highest BCUT2D eigenvalue weighted by Crippen LogP contribution is 2.43. The van der Waals surface area contributed by atoms with Gasteiger partial charge in [0.2, 0.25) is 0 Å². The molecule has 0 saturated carbocycles. The minimum Gasteiger partial charge on any atom is -0.456 e. The number of nitro groups is 2. The molecule has 64 heavy (non-hydrogen) atoms. The van der Waals surface area contributed by atoms with Crippen LogP contribution in [0.4, 0.5) is 11.4 Å². The van der Waals surface area contributed by atoms with Crippen LogP contribution in [0.1, 0.15) is 83.1 Å². The molecule has 0 atom stereocenters. The Hall–Kier alpha value is -4.81. The van der Waals surface area contributed by atoms with E-state index in [4.69, 9.17) is 36.8 Å². The van der Waals surface area contributed by atoms with Crippen molar-refractivity contribution in [1.29, 1.82) is 0 Å². The van der Waals surface area contributed by atoms with Gasteiger partial charge in [0.05, 0.1) is 43.5 Å². The average molecular weight is 937 g/mol. The van der Waals surface area contributed by atoms with Crippen LogP contribution in [0.25, 0.3) is 44.6 Å². The number of non-ortho nitro benzene ring substituents is 2. The molecule has 9 rings (SSSR count). The lowest BCUT2D eigenvalue weighted by atomic mass is 9.49. The van der Waals surface area contributed by atoms with E-state index in [1.54, 1.807) is 24.3 Å². The third kappa shape index (κ3) is 9.46. The lowest BCUT2D eigenvalue weighted by molar-refractivity contribution is -0.385. The molecule has 3 aliphatic rings. The maximum atomic E-state index is 10.8. The largest absolute Gasteiger partial charge is 0.494 e. The highest BCUT2D eigenvalue weighted by molar-refractivity contribution is 9.10. The first-order valence-electron chi connectivity index (χ1n) is 21.0. The molecule has 0 bridgehead atoms. The van der Waals surface area contributed by atoms with Crippen molar-refractivity contribution in [2.75, 3.05) is 0 Å². The molecule has 0 radical (unpaired) electrons. The summed E-state index contributed by atoms with van der Waals surface area (Å²) in [6.45, 7) is 24.3. The third-order valence-corrected chi connectivity index (χ3v) is 13.5. The van der Waals surface area contributed by atoms with Gasteiger partial charge in [-0.1, -0.05) is 28.1 Å². The number of hydrogen-bond donors (Lipinski definition) is 0. The van der Waals surface area contributed by atoms with E-state index in [0.717, 1.165) is 43.0 Å². The molecule has 5 heterocycles. The summed E-state index contributed by atoms with van der Waals surface area (Å²) in [7, 11) is -1.38. The van der Waals surface area contributed by atoms with Gasteiger partial charge in [-0.25, -0.2) is 0 Å². The number of benzene rings is 4. The third-order valence-electron chi connectivity index (χ3n) is 13.0. The van der Waals surface area contributed by atoms with E-state index in [-0.39, 0.29) is 33.8 Å². The van der Waals surface area contributed by atoms with Crippen LogP contribution < -0.4 is 5.46 Å². The van der Waals surface area contributed by atoms with Crippen molar-refractivity contribution in [3.8, 4) is 22.6 Å². The molecule has 3 fully saturated rings. The number of fused-ring (bicyclic) bond motifs is 2. The van der Waals surface area contributed by atoms with Crippen molar-refractivity contribution in [2.45, 2.75) is 117 Å². The SMILES string of the molecule is CC1(C)OB(B2OC(C)(C)C(C)(C)O2)OC1(C)C.CC1(C)OB(c2ccc3oc(-c4ccc([N+](=O)[O-])cc4)cc3c2)OC1(C)C.O=[N+]([O-])c1ccc(-c2cc3cc(Br)ccc3o2)cc1. The summed E-state index contributed by atoms with van der Waals surface area (Å²) in [6.07, 6.45) is 0. The maximum Gasteiger partial charge on any atom is 0.494 e. The standard InChI is InChI=1S/C20H20BNO5.C14H8BrNO3.C12H24B2O4/c1-19(2)20(3,4)27-21(26-19)15-7-10-17-14(11-15)12-18(25-17)13-5-8-16(9-6-13)22(23)24;15-11-3-6-13-10(7-11)8-14(19-13)9-1-4-12(5-2-9)16(17)18;1-9(2)10(3,4)16-13(15-9)14-17-11(5,6)12(7,8)18-14/h5-12H,1-4H3;1-8H;1-8H3. The topological polar surface area (TPSA) is 168 Å². The molecule has 6 aromatic rings. The molecule has 0 unspecified atom stereocenters. The van der Waals surface area contributed by atoms with Crippen molar-refractivity contribution < 1.29 is 46.6 Å². The van der Waals surface area contributed by atoms with Crippen LogP contribution in [0.5, 0.6) is 0 Å². The van der Waals surface area contributed by atoms with Gasteiger partial charge < -0.3 is 36.8 Å². The molecule has 334 valence electrons. The molecule has 0 spiro atoms. The predicted octanol–water partition coefficient (Wildman–Crippen LogP) is 11.3. The molecule has 0 amide bonds. The number of furan rings is 2. The number of hydrogen-bond acceptors (Lipinski definition) is 12. The van der Waals surface area contributed by atoms with Crippen molar-refractivity contribution in [1.82, 2.24) is 0 Å². The molecular weight excluding hydrogens is 885 g/mol. The maximum absolute atomic E-state index is 10.8. The predicted molar refractivity (Wildman–Crippen MR) is 252 cm³/mol. The lowest BCUT2D eigenvalue weighted by Gasteiger charge is -2.32. The first-order chi connectivity index (χ1) is 29.7. The summed E-state index contributed by atoms with van der Waals surface area (Å²) in [5.41, 5.74) is 1.95. The lowest BCUT2D eigenvalue weighted by Crippen LogP contribution is -2.41. The molecule has 2 aromatic heterocycles. The zero-order valence-electron chi connectivity index (χ0n) is 38.1. The van der Waals surface area contributed by atoms with Crippen molar-refractivity contribution >= 4 is 75.8 Å². The number of rotatable bonds is 6. The fourth-order valence-corrected chi connectivity index (χ4v) is 7.36.